The van der Waals surface area contributed by atoms with Crippen molar-refractivity contribution in [1.82, 2.24) is 4.90 Å². The van der Waals surface area contributed by atoms with Gasteiger partial charge in [0.05, 0.1) is 0 Å². The molecule has 0 bridgehead atoms. The van der Waals surface area contributed by atoms with Gasteiger partial charge in [-0.1, -0.05) is 20.8 Å². The zero-order valence-electron chi connectivity index (χ0n) is 11.5. The number of nitrogens with zero attached hydrogens (tertiary/aromatic N) is 1. The molecule has 0 aromatic heterocycles. The quantitative estimate of drug-likeness (QED) is 0.714. The molecule has 1 heterocycles. The van der Waals surface area contributed by atoms with Crippen LogP contribution in [-0.4, -0.2) is 36.0 Å². The molecule has 3 heteroatoms. The molecule has 2 nitrogen and oxygen atoms in total. The summed E-state index contributed by atoms with van der Waals surface area (Å²) in [4.78, 5) is 14.0. The van der Waals surface area contributed by atoms with Crippen LogP contribution >= 0.6 is 0 Å². The van der Waals surface area contributed by atoms with Crippen LogP contribution in [0.2, 0.25) is 0 Å². The largest absolute Gasteiger partial charge is 0.303 e. The maximum Gasteiger partial charge on any atom is 0.136 e. The van der Waals surface area contributed by atoms with E-state index in [0.29, 0.717) is 25.2 Å². The van der Waals surface area contributed by atoms with Crippen molar-refractivity contribution in [2.45, 2.75) is 58.5 Å². The van der Waals surface area contributed by atoms with Crippen LogP contribution in [0.3, 0.4) is 0 Å². The first-order chi connectivity index (χ1) is 7.95. The normalized spacial score (nSPS) is 20.8. The van der Waals surface area contributed by atoms with Crippen molar-refractivity contribution in [3.8, 4) is 0 Å². The van der Waals surface area contributed by atoms with Gasteiger partial charge in [0.25, 0.3) is 0 Å². The summed E-state index contributed by atoms with van der Waals surface area (Å²) in [5, 5.41) is 0. The van der Waals surface area contributed by atoms with Gasteiger partial charge in [-0.2, -0.15) is 0 Å². The van der Waals surface area contributed by atoms with Crippen molar-refractivity contribution in [3.05, 3.63) is 0 Å². The number of hydrogen-bond acceptors (Lipinski definition) is 2. The van der Waals surface area contributed by atoms with Crippen molar-refractivity contribution in [2.75, 3.05) is 19.6 Å². The van der Waals surface area contributed by atoms with Crippen LogP contribution < -0.4 is 0 Å². The number of ketones is 1. The Balaban J connectivity index is 2.36. The summed E-state index contributed by atoms with van der Waals surface area (Å²) < 4.78 is 14.4. The first-order valence-corrected chi connectivity index (χ1v) is 6.88. The number of piperidine rings is 1. The predicted molar refractivity (Wildman–Crippen MR) is 68.9 cm³/mol. The standard InChI is InChI=1S/C14H26FNO/c1-4-7-16-8-5-14(15,6-9-16)11-13(17)10-12(2)3/h12H,4-11H2,1-3H3. The van der Waals surface area contributed by atoms with Gasteiger partial charge in [-0.15, -0.1) is 0 Å². The molecule has 1 saturated heterocycles. The van der Waals surface area contributed by atoms with Gasteiger partial charge >= 0.3 is 0 Å². The molecule has 100 valence electrons. The summed E-state index contributed by atoms with van der Waals surface area (Å²) in [6.45, 7) is 8.82. The highest BCUT2D eigenvalue weighted by Crippen LogP contribution is 2.31. The number of alkyl halides is 1. The summed E-state index contributed by atoms with van der Waals surface area (Å²) in [7, 11) is 0. The van der Waals surface area contributed by atoms with Crippen molar-refractivity contribution < 1.29 is 9.18 Å². The molecule has 0 spiro atoms. The molecule has 1 aliphatic heterocycles. The molecule has 0 radical (unpaired) electrons. The third-order valence-electron chi connectivity index (χ3n) is 3.44. The van der Waals surface area contributed by atoms with Gasteiger partial charge in [-0.05, 0) is 31.7 Å². The van der Waals surface area contributed by atoms with Crippen molar-refractivity contribution in [1.29, 1.82) is 0 Å². The highest BCUT2D eigenvalue weighted by atomic mass is 19.1. The van der Waals surface area contributed by atoms with E-state index in [4.69, 9.17) is 0 Å². The molecule has 0 atom stereocenters. The van der Waals surface area contributed by atoms with E-state index in [1.807, 2.05) is 13.8 Å². The monoisotopic (exact) mass is 243 g/mol. The molecule has 1 aliphatic rings. The number of rotatable bonds is 6. The predicted octanol–water partition coefficient (Wildman–Crippen LogP) is 3.21. The van der Waals surface area contributed by atoms with Gasteiger partial charge in [0.2, 0.25) is 0 Å². The highest BCUT2D eigenvalue weighted by molar-refractivity contribution is 5.79. The molecule has 0 saturated carbocycles. The first-order valence-electron chi connectivity index (χ1n) is 6.88. The molecule has 0 unspecified atom stereocenters. The van der Waals surface area contributed by atoms with E-state index in [2.05, 4.69) is 11.8 Å². The molecular weight excluding hydrogens is 217 g/mol. The zero-order valence-corrected chi connectivity index (χ0v) is 11.5. The number of carbonyl (C=O) groups is 1. The maximum atomic E-state index is 14.4. The van der Waals surface area contributed by atoms with E-state index in [1.165, 1.54) is 0 Å². The minimum Gasteiger partial charge on any atom is -0.303 e. The molecule has 0 aromatic rings. The van der Waals surface area contributed by atoms with E-state index >= 15 is 0 Å². The Bertz CT molecular complexity index is 245. The summed E-state index contributed by atoms with van der Waals surface area (Å²) in [6, 6.07) is 0. The minimum absolute atomic E-state index is 0.0893. The number of hydrogen-bond donors (Lipinski definition) is 0. The van der Waals surface area contributed by atoms with Crippen LogP contribution in [0, 0.1) is 5.92 Å². The van der Waals surface area contributed by atoms with Crippen LogP contribution in [-0.2, 0) is 4.79 Å². The topological polar surface area (TPSA) is 20.3 Å². The lowest BCUT2D eigenvalue weighted by atomic mass is 9.86. The SMILES string of the molecule is CCCN1CCC(F)(CC(=O)CC(C)C)CC1. The Morgan fingerprint density at radius 1 is 1.35 bits per heavy atom. The number of likely N-dealkylation sites (tertiary alicyclic amines) is 1. The van der Waals surface area contributed by atoms with E-state index in [-0.39, 0.29) is 12.2 Å². The van der Waals surface area contributed by atoms with Crippen LogP contribution in [0.5, 0.6) is 0 Å². The Labute approximate surface area is 105 Å². The number of halogens is 1. The second kappa shape index (κ2) is 6.48. The molecule has 1 rings (SSSR count). The third-order valence-corrected chi connectivity index (χ3v) is 3.44. The lowest BCUT2D eigenvalue weighted by Gasteiger charge is -2.36. The van der Waals surface area contributed by atoms with E-state index in [9.17, 15) is 9.18 Å². The summed E-state index contributed by atoms with van der Waals surface area (Å²) in [6.07, 6.45) is 2.81. The maximum absolute atomic E-state index is 14.4. The Morgan fingerprint density at radius 3 is 2.41 bits per heavy atom. The fourth-order valence-corrected chi connectivity index (χ4v) is 2.55. The van der Waals surface area contributed by atoms with Gasteiger partial charge in [-0.3, -0.25) is 4.79 Å². The van der Waals surface area contributed by atoms with Gasteiger partial charge < -0.3 is 4.90 Å². The van der Waals surface area contributed by atoms with Gasteiger partial charge in [-0.25, -0.2) is 4.39 Å². The number of carbonyl (C=O) groups excluding carboxylic acids is 1. The summed E-state index contributed by atoms with van der Waals surface area (Å²) in [5.74, 6) is 0.428. The van der Waals surface area contributed by atoms with Crippen LogP contribution in [0.1, 0.15) is 52.9 Å². The molecule has 0 amide bonds. The molecule has 0 aliphatic carbocycles. The molecule has 1 fully saturated rings. The van der Waals surface area contributed by atoms with Crippen molar-refractivity contribution >= 4 is 5.78 Å². The van der Waals surface area contributed by atoms with E-state index < -0.39 is 5.67 Å². The fraction of sp³-hybridized carbons (Fsp3) is 0.929. The first kappa shape index (κ1) is 14.6. The van der Waals surface area contributed by atoms with Gasteiger partial charge in [0, 0.05) is 25.9 Å². The number of Topliss-reactive ketones (excluding diaryl/α,β-unsaturated/α-hetero) is 1. The Hall–Kier alpha value is -0.440. The lowest BCUT2D eigenvalue weighted by Crippen LogP contribution is -2.43. The van der Waals surface area contributed by atoms with E-state index in [1.54, 1.807) is 0 Å². The average molecular weight is 243 g/mol. The van der Waals surface area contributed by atoms with Crippen LogP contribution in [0.25, 0.3) is 0 Å². The smallest absolute Gasteiger partial charge is 0.136 e. The van der Waals surface area contributed by atoms with Crippen LogP contribution in [0.15, 0.2) is 0 Å². The zero-order chi connectivity index (χ0) is 12.9. The average Bonchev–Trinajstić information content (AvgIpc) is 2.20. The minimum atomic E-state index is -1.23. The van der Waals surface area contributed by atoms with Gasteiger partial charge in [0.15, 0.2) is 0 Å². The van der Waals surface area contributed by atoms with Crippen LogP contribution in [0.4, 0.5) is 4.39 Å². The molecule has 0 N–H and O–H groups in total. The molecule has 0 aromatic carbocycles. The summed E-state index contributed by atoms with van der Waals surface area (Å²) in [5.41, 5.74) is -1.23. The third kappa shape index (κ3) is 5.15. The molecular formula is C14H26FNO. The fourth-order valence-electron chi connectivity index (χ4n) is 2.55. The Morgan fingerprint density at radius 2 is 1.94 bits per heavy atom. The Kier molecular flexibility index (Phi) is 5.57. The highest BCUT2D eigenvalue weighted by Gasteiger charge is 2.36. The summed E-state index contributed by atoms with van der Waals surface area (Å²) >= 11 is 0. The van der Waals surface area contributed by atoms with Crippen molar-refractivity contribution in [3.63, 3.8) is 0 Å². The van der Waals surface area contributed by atoms with E-state index in [0.717, 1.165) is 26.1 Å². The molecule has 17 heavy (non-hydrogen) atoms. The second-order valence-electron chi connectivity index (χ2n) is 5.81. The van der Waals surface area contributed by atoms with Gasteiger partial charge in [0.1, 0.15) is 11.5 Å². The van der Waals surface area contributed by atoms with Crippen molar-refractivity contribution in [2.24, 2.45) is 5.92 Å². The second-order valence-corrected chi connectivity index (χ2v) is 5.81. The lowest BCUT2D eigenvalue weighted by molar-refractivity contribution is -0.123.